The first-order chi connectivity index (χ1) is 11.7. The number of rotatable bonds is 7. The maximum absolute atomic E-state index is 12.5. The molecule has 1 unspecified atom stereocenters. The third-order valence-corrected chi connectivity index (χ3v) is 3.74. The Bertz CT molecular complexity index is 574. The molecular formula is C20H38N4O2. The molecule has 0 saturated heterocycles. The summed E-state index contributed by atoms with van der Waals surface area (Å²) in [5, 5.41) is 11.8. The van der Waals surface area contributed by atoms with Gasteiger partial charge in [-0.15, -0.1) is 5.10 Å². The van der Waals surface area contributed by atoms with Crippen molar-refractivity contribution in [3.8, 4) is 0 Å². The van der Waals surface area contributed by atoms with Crippen LogP contribution in [0.4, 0.5) is 0 Å². The van der Waals surface area contributed by atoms with E-state index in [0.29, 0.717) is 0 Å². The summed E-state index contributed by atoms with van der Waals surface area (Å²) in [6.07, 6.45) is 4.61. The van der Waals surface area contributed by atoms with Crippen LogP contribution in [0.1, 0.15) is 87.3 Å². The van der Waals surface area contributed by atoms with E-state index in [2.05, 4.69) is 57.2 Å². The molecule has 1 aromatic rings. The Labute approximate surface area is 159 Å². The molecule has 0 fully saturated rings. The monoisotopic (exact) mass is 366 g/mol. The summed E-state index contributed by atoms with van der Waals surface area (Å²) in [6.45, 7) is 19.1. The molecule has 0 aliphatic carbocycles. The normalized spacial score (nSPS) is 14.3. The summed E-state index contributed by atoms with van der Waals surface area (Å²) in [4.78, 5) is 12.5. The molecule has 0 bridgehead atoms. The Hall–Kier alpha value is -1.43. The molecule has 150 valence electrons. The van der Waals surface area contributed by atoms with Gasteiger partial charge in [-0.25, -0.2) is 0 Å². The topological polar surface area (TPSA) is 69.0 Å². The van der Waals surface area contributed by atoms with Crippen LogP contribution in [0, 0.1) is 0 Å². The zero-order chi connectivity index (χ0) is 20.2. The first kappa shape index (κ1) is 22.6. The minimum absolute atomic E-state index is 0.0106. The number of esters is 1. The lowest BCUT2D eigenvalue weighted by Crippen LogP contribution is -2.49. The van der Waals surface area contributed by atoms with Crippen LogP contribution in [-0.2, 0) is 21.5 Å². The van der Waals surface area contributed by atoms with E-state index in [1.165, 1.54) is 0 Å². The highest BCUT2D eigenvalue weighted by Crippen LogP contribution is 2.19. The van der Waals surface area contributed by atoms with Crippen molar-refractivity contribution in [3.63, 3.8) is 0 Å². The molecular weight excluding hydrogens is 328 g/mol. The molecule has 1 N–H and O–H groups in total. The summed E-state index contributed by atoms with van der Waals surface area (Å²) in [6, 6.07) is -0.296. The van der Waals surface area contributed by atoms with Crippen LogP contribution in [-0.4, -0.2) is 38.1 Å². The smallest absolute Gasteiger partial charge is 0.323 e. The van der Waals surface area contributed by atoms with E-state index in [1.54, 1.807) is 0 Å². The highest BCUT2D eigenvalue weighted by atomic mass is 16.6. The van der Waals surface area contributed by atoms with Gasteiger partial charge in [0.25, 0.3) is 0 Å². The number of hydrogen-bond acceptors (Lipinski definition) is 5. The van der Waals surface area contributed by atoms with Crippen LogP contribution < -0.4 is 5.32 Å². The van der Waals surface area contributed by atoms with Gasteiger partial charge >= 0.3 is 5.97 Å². The van der Waals surface area contributed by atoms with E-state index in [1.807, 2.05) is 31.6 Å². The largest absolute Gasteiger partial charge is 0.459 e. The summed E-state index contributed by atoms with van der Waals surface area (Å²) < 4.78 is 7.46. The van der Waals surface area contributed by atoms with Crippen LogP contribution in [0.25, 0.3) is 0 Å². The van der Waals surface area contributed by atoms with Gasteiger partial charge in [0.2, 0.25) is 0 Å². The maximum Gasteiger partial charge on any atom is 0.323 e. The quantitative estimate of drug-likeness (QED) is 0.586. The number of nitrogens with zero attached hydrogens (tertiary/aromatic N) is 3. The molecule has 1 atom stereocenters. The number of carbonyl (C=O) groups excluding carboxylic acids is 1. The second-order valence-corrected chi connectivity index (χ2v) is 10.1. The molecule has 0 aliphatic heterocycles. The Morgan fingerprint density at radius 3 is 2.19 bits per heavy atom. The molecule has 0 spiro atoms. The summed E-state index contributed by atoms with van der Waals surface area (Å²) >= 11 is 0. The van der Waals surface area contributed by atoms with Crippen LogP contribution in [0.2, 0.25) is 0 Å². The number of hydrogen-bond donors (Lipinski definition) is 1. The van der Waals surface area contributed by atoms with E-state index in [4.69, 9.17) is 4.74 Å². The lowest BCUT2D eigenvalue weighted by Gasteiger charge is -2.30. The minimum atomic E-state index is -0.473. The summed E-state index contributed by atoms with van der Waals surface area (Å²) in [5.74, 6) is -0.178. The van der Waals surface area contributed by atoms with Gasteiger partial charge < -0.3 is 4.74 Å². The molecule has 6 nitrogen and oxygen atoms in total. The molecule has 0 aliphatic rings. The van der Waals surface area contributed by atoms with Crippen molar-refractivity contribution < 1.29 is 9.53 Å². The highest BCUT2D eigenvalue weighted by Gasteiger charge is 2.28. The van der Waals surface area contributed by atoms with Gasteiger partial charge in [-0.1, -0.05) is 26.0 Å². The number of ether oxygens (including phenoxy) is 1. The predicted octanol–water partition coefficient (Wildman–Crippen LogP) is 3.84. The van der Waals surface area contributed by atoms with Crippen molar-refractivity contribution in [1.29, 1.82) is 0 Å². The van der Waals surface area contributed by atoms with Gasteiger partial charge in [0.1, 0.15) is 11.6 Å². The van der Waals surface area contributed by atoms with E-state index in [9.17, 15) is 4.79 Å². The fourth-order valence-corrected chi connectivity index (χ4v) is 2.52. The number of unbranched alkanes of at least 4 members (excludes halogenated alkanes) is 1. The number of aryl methyl sites for hydroxylation is 1. The van der Waals surface area contributed by atoms with Crippen molar-refractivity contribution >= 4 is 5.97 Å². The molecule has 0 radical (unpaired) electrons. The number of aromatic nitrogens is 3. The molecule has 0 aromatic carbocycles. The van der Waals surface area contributed by atoms with Crippen molar-refractivity contribution in [2.45, 2.75) is 111 Å². The Kier molecular flexibility index (Phi) is 7.40. The molecule has 0 amide bonds. The van der Waals surface area contributed by atoms with Crippen LogP contribution in [0.3, 0.4) is 0 Å². The maximum atomic E-state index is 12.5. The van der Waals surface area contributed by atoms with E-state index >= 15 is 0 Å². The minimum Gasteiger partial charge on any atom is -0.459 e. The van der Waals surface area contributed by atoms with Gasteiger partial charge in [-0.05, 0) is 60.8 Å². The van der Waals surface area contributed by atoms with Gasteiger partial charge in [0.05, 0.1) is 5.69 Å². The zero-order valence-electron chi connectivity index (χ0n) is 18.1. The van der Waals surface area contributed by atoms with Crippen LogP contribution in [0.5, 0.6) is 0 Å². The molecule has 6 heteroatoms. The van der Waals surface area contributed by atoms with Crippen molar-refractivity contribution in [2.75, 3.05) is 0 Å². The van der Waals surface area contributed by atoms with Crippen molar-refractivity contribution in [3.05, 3.63) is 11.9 Å². The Morgan fingerprint density at radius 2 is 1.73 bits per heavy atom. The van der Waals surface area contributed by atoms with Gasteiger partial charge in [0, 0.05) is 23.7 Å². The van der Waals surface area contributed by atoms with Crippen molar-refractivity contribution in [1.82, 2.24) is 20.3 Å². The molecule has 0 saturated carbocycles. The fraction of sp³-hybridized carbons (Fsp3) is 0.850. The molecule has 1 rings (SSSR count). The van der Waals surface area contributed by atoms with Crippen molar-refractivity contribution in [2.24, 2.45) is 0 Å². The lowest BCUT2D eigenvalue weighted by molar-refractivity contribution is -0.158. The SMILES string of the molecule is CC(C)(C)NC(CCCCn1cc(C(C)(C)C)nn1)C(=O)OC(C)(C)C. The molecule has 26 heavy (non-hydrogen) atoms. The average Bonchev–Trinajstić information content (AvgIpc) is 2.87. The summed E-state index contributed by atoms with van der Waals surface area (Å²) in [7, 11) is 0. The first-order valence-corrected chi connectivity index (χ1v) is 9.58. The fourth-order valence-electron chi connectivity index (χ4n) is 2.52. The van der Waals surface area contributed by atoms with E-state index < -0.39 is 5.60 Å². The summed E-state index contributed by atoms with van der Waals surface area (Å²) in [5.41, 5.74) is 0.392. The predicted molar refractivity (Wildman–Crippen MR) is 105 cm³/mol. The third kappa shape index (κ3) is 8.79. The van der Waals surface area contributed by atoms with Gasteiger partial charge in [-0.3, -0.25) is 14.8 Å². The second kappa shape index (κ2) is 8.51. The Balaban J connectivity index is 2.55. The van der Waals surface area contributed by atoms with E-state index in [-0.39, 0.29) is 23.0 Å². The standard InChI is InChI=1S/C20H38N4O2/c1-18(2,3)16-14-24(23-22-16)13-11-10-12-15(21-19(4,5)6)17(25)26-20(7,8)9/h14-15,21H,10-13H2,1-9H3. The molecule has 1 heterocycles. The second-order valence-electron chi connectivity index (χ2n) is 10.1. The van der Waals surface area contributed by atoms with E-state index in [0.717, 1.165) is 31.5 Å². The number of carbonyl (C=O) groups is 1. The average molecular weight is 367 g/mol. The zero-order valence-corrected chi connectivity index (χ0v) is 18.1. The lowest BCUT2D eigenvalue weighted by atomic mass is 9.93. The van der Waals surface area contributed by atoms with Crippen LogP contribution in [0.15, 0.2) is 6.20 Å². The van der Waals surface area contributed by atoms with Gasteiger partial charge in [-0.2, -0.15) is 0 Å². The molecule has 1 aromatic heterocycles. The first-order valence-electron chi connectivity index (χ1n) is 9.58. The third-order valence-electron chi connectivity index (χ3n) is 3.74. The van der Waals surface area contributed by atoms with Crippen LogP contribution >= 0.6 is 0 Å². The number of nitrogens with one attached hydrogen (secondary N) is 1. The van der Waals surface area contributed by atoms with Gasteiger partial charge in [0.15, 0.2) is 0 Å². The Morgan fingerprint density at radius 1 is 1.12 bits per heavy atom. The highest BCUT2D eigenvalue weighted by molar-refractivity contribution is 5.76.